The number of nitro groups is 1. The maximum atomic E-state index is 10.5. The van der Waals surface area contributed by atoms with Gasteiger partial charge in [-0.2, -0.15) is 0 Å². The van der Waals surface area contributed by atoms with Crippen LogP contribution >= 0.6 is 15.9 Å². The van der Waals surface area contributed by atoms with Gasteiger partial charge in [-0.15, -0.1) is 0 Å². The van der Waals surface area contributed by atoms with Crippen molar-refractivity contribution in [3.8, 4) is 0 Å². The third kappa shape index (κ3) is 1.71. The van der Waals surface area contributed by atoms with Crippen molar-refractivity contribution < 1.29 is 4.92 Å². The van der Waals surface area contributed by atoms with Gasteiger partial charge in [0.2, 0.25) is 0 Å². The van der Waals surface area contributed by atoms with Crippen molar-refractivity contribution in [2.24, 2.45) is 0 Å². The lowest BCUT2D eigenvalue weighted by Gasteiger charge is -1.98. The van der Waals surface area contributed by atoms with Crippen LogP contribution in [0.2, 0.25) is 0 Å². The van der Waals surface area contributed by atoms with E-state index in [-0.39, 0.29) is 5.69 Å². The van der Waals surface area contributed by atoms with E-state index in [1.54, 1.807) is 18.2 Å². The number of rotatable bonds is 2. The molecule has 0 spiro atoms. The molecule has 3 nitrogen and oxygen atoms in total. The molecule has 1 aromatic rings. The molecule has 0 atom stereocenters. The molecule has 12 heavy (non-hydrogen) atoms. The highest BCUT2D eigenvalue weighted by Gasteiger charge is 2.12. The van der Waals surface area contributed by atoms with Gasteiger partial charge in [0.25, 0.3) is 5.69 Å². The maximum absolute atomic E-state index is 10.5. The average molecular weight is 228 g/mol. The van der Waals surface area contributed by atoms with Crippen LogP contribution in [0.15, 0.2) is 30.8 Å². The van der Waals surface area contributed by atoms with E-state index in [0.29, 0.717) is 10.0 Å². The number of nitro benzene ring substituents is 1. The first-order chi connectivity index (χ1) is 5.63. The summed E-state index contributed by atoms with van der Waals surface area (Å²) in [5.41, 5.74) is 0.585. The van der Waals surface area contributed by atoms with Crippen LogP contribution < -0.4 is 0 Å². The standard InChI is InChI=1S/C8H6BrNO2/c1-6(9)7-4-2-3-5-8(7)10(11)12/h2-5H,1H2. The van der Waals surface area contributed by atoms with Crippen LogP contribution in [0.5, 0.6) is 0 Å². The van der Waals surface area contributed by atoms with Crippen LogP contribution in [0.3, 0.4) is 0 Å². The molecule has 0 fully saturated rings. The third-order valence-corrected chi connectivity index (χ3v) is 1.82. The second-order valence-corrected chi connectivity index (χ2v) is 3.14. The Morgan fingerprint density at radius 3 is 2.50 bits per heavy atom. The normalized spacial score (nSPS) is 9.42. The third-order valence-electron chi connectivity index (χ3n) is 1.39. The van der Waals surface area contributed by atoms with Crippen molar-refractivity contribution in [1.82, 2.24) is 0 Å². The molecule has 0 aliphatic carbocycles. The van der Waals surface area contributed by atoms with Crippen molar-refractivity contribution in [2.75, 3.05) is 0 Å². The molecule has 0 heterocycles. The smallest absolute Gasteiger partial charge is 0.258 e. The van der Waals surface area contributed by atoms with E-state index in [1.165, 1.54) is 6.07 Å². The minimum atomic E-state index is -0.429. The maximum Gasteiger partial charge on any atom is 0.277 e. The van der Waals surface area contributed by atoms with E-state index in [9.17, 15) is 10.1 Å². The molecule has 0 amide bonds. The van der Waals surface area contributed by atoms with E-state index in [0.717, 1.165) is 0 Å². The van der Waals surface area contributed by atoms with Crippen LogP contribution in [0.25, 0.3) is 4.48 Å². The summed E-state index contributed by atoms with van der Waals surface area (Å²) in [6, 6.07) is 6.45. The predicted molar refractivity (Wildman–Crippen MR) is 51.1 cm³/mol. The molecule has 0 aliphatic rings. The summed E-state index contributed by atoms with van der Waals surface area (Å²) in [6.07, 6.45) is 0. The second-order valence-electron chi connectivity index (χ2n) is 2.18. The molecular formula is C8H6BrNO2. The Hall–Kier alpha value is -1.16. The van der Waals surface area contributed by atoms with E-state index >= 15 is 0 Å². The number of nitrogens with zero attached hydrogens (tertiary/aromatic N) is 1. The zero-order valence-electron chi connectivity index (χ0n) is 6.16. The van der Waals surface area contributed by atoms with Crippen LogP contribution in [0.1, 0.15) is 5.56 Å². The average Bonchev–Trinajstić information content (AvgIpc) is 2.04. The van der Waals surface area contributed by atoms with Gasteiger partial charge in [-0.05, 0) is 6.07 Å². The summed E-state index contributed by atoms with van der Waals surface area (Å²) in [5.74, 6) is 0. The number of benzene rings is 1. The quantitative estimate of drug-likeness (QED) is 0.576. The molecular weight excluding hydrogens is 222 g/mol. The number of hydrogen-bond acceptors (Lipinski definition) is 2. The summed E-state index contributed by atoms with van der Waals surface area (Å²) in [4.78, 5) is 10.0. The van der Waals surface area contributed by atoms with Gasteiger partial charge in [-0.3, -0.25) is 10.1 Å². The molecule has 0 N–H and O–H groups in total. The fourth-order valence-electron chi connectivity index (χ4n) is 0.862. The van der Waals surface area contributed by atoms with E-state index in [2.05, 4.69) is 22.5 Å². The number of para-hydroxylation sites is 1. The summed E-state index contributed by atoms with van der Waals surface area (Å²) < 4.78 is 0.523. The van der Waals surface area contributed by atoms with Crippen LogP contribution in [-0.4, -0.2) is 4.92 Å². The second kappa shape index (κ2) is 3.49. The van der Waals surface area contributed by atoms with Crippen molar-refractivity contribution in [2.45, 2.75) is 0 Å². The lowest BCUT2D eigenvalue weighted by Crippen LogP contribution is -1.91. The van der Waals surface area contributed by atoms with Crippen molar-refractivity contribution >= 4 is 26.1 Å². The number of halogens is 1. The topological polar surface area (TPSA) is 43.1 Å². The Bertz CT molecular complexity index is 303. The lowest BCUT2D eigenvalue weighted by atomic mass is 10.2. The van der Waals surface area contributed by atoms with Crippen molar-refractivity contribution in [1.29, 1.82) is 0 Å². The van der Waals surface area contributed by atoms with Gasteiger partial charge in [0.05, 0.1) is 10.5 Å². The van der Waals surface area contributed by atoms with Crippen LogP contribution in [0, 0.1) is 10.1 Å². The molecule has 4 heteroatoms. The zero-order valence-corrected chi connectivity index (χ0v) is 7.74. The molecule has 62 valence electrons. The summed E-state index contributed by atoms with van der Waals surface area (Å²) >= 11 is 3.10. The molecule has 0 unspecified atom stereocenters. The summed E-state index contributed by atoms with van der Waals surface area (Å²) in [5, 5.41) is 10.5. The summed E-state index contributed by atoms with van der Waals surface area (Å²) in [7, 11) is 0. The molecule has 0 radical (unpaired) electrons. The van der Waals surface area contributed by atoms with Gasteiger partial charge < -0.3 is 0 Å². The fraction of sp³-hybridized carbons (Fsp3) is 0. The first-order valence-electron chi connectivity index (χ1n) is 3.21. The molecule has 1 aromatic carbocycles. The Kier molecular flexibility index (Phi) is 2.60. The van der Waals surface area contributed by atoms with Gasteiger partial charge in [0, 0.05) is 10.5 Å². The summed E-state index contributed by atoms with van der Waals surface area (Å²) in [6.45, 7) is 3.58. The molecule has 0 saturated carbocycles. The van der Waals surface area contributed by atoms with Crippen molar-refractivity contribution in [3.63, 3.8) is 0 Å². The predicted octanol–water partition coefficient (Wildman–Crippen LogP) is 2.96. The SMILES string of the molecule is C=C(Br)c1ccccc1[N+](=O)[O-]. The molecule has 0 bridgehead atoms. The monoisotopic (exact) mass is 227 g/mol. The van der Waals surface area contributed by atoms with Gasteiger partial charge >= 0.3 is 0 Å². The first kappa shape index (κ1) is 8.93. The minimum absolute atomic E-state index is 0.0689. The van der Waals surface area contributed by atoms with E-state index in [4.69, 9.17) is 0 Å². The zero-order chi connectivity index (χ0) is 9.14. The Morgan fingerprint density at radius 2 is 2.08 bits per heavy atom. The number of hydrogen-bond donors (Lipinski definition) is 0. The van der Waals surface area contributed by atoms with E-state index in [1.807, 2.05) is 0 Å². The Morgan fingerprint density at radius 1 is 1.50 bits per heavy atom. The lowest BCUT2D eigenvalue weighted by molar-refractivity contribution is -0.385. The first-order valence-corrected chi connectivity index (χ1v) is 4.00. The minimum Gasteiger partial charge on any atom is -0.258 e. The van der Waals surface area contributed by atoms with E-state index < -0.39 is 4.92 Å². The highest BCUT2D eigenvalue weighted by Crippen LogP contribution is 2.27. The Balaban J connectivity index is 3.27. The highest BCUT2D eigenvalue weighted by molar-refractivity contribution is 9.15. The van der Waals surface area contributed by atoms with Crippen LogP contribution in [0.4, 0.5) is 5.69 Å². The molecule has 0 saturated heterocycles. The van der Waals surface area contributed by atoms with Crippen molar-refractivity contribution in [3.05, 3.63) is 46.5 Å². The largest absolute Gasteiger partial charge is 0.277 e. The van der Waals surface area contributed by atoms with Gasteiger partial charge in [-0.25, -0.2) is 0 Å². The van der Waals surface area contributed by atoms with Crippen LogP contribution in [-0.2, 0) is 0 Å². The molecule has 0 aromatic heterocycles. The molecule has 1 rings (SSSR count). The highest BCUT2D eigenvalue weighted by atomic mass is 79.9. The van der Waals surface area contributed by atoms with Gasteiger partial charge in [0.15, 0.2) is 0 Å². The van der Waals surface area contributed by atoms with Gasteiger partial charge in [-0.1, -0.05) is 34.6 Å². The van der Waals surface area contributed by atoms with Gasteiger partial charge in [0.1, 0.15) is 0 Å². The fourth-order valence-corrected chi connectivity index (χ4v) is 1.20. The molecule has 0 aliphatic heterocycles. The Labute approximate surface area is 78.0 Å².